The van der Waals surface area contributed by atoms with Gasteiger partial charge in [-0.1, -0.05) is 43.3 Å². The number of hydrogen-bond donors (Lipinski definition) is 2. The number of carbonyl (C=O) groups is 1. The van der Waals surface area contributed by atoms with Crippen LogP contribution in [0.25, 0.3) is 10.6 Å². The van der Waals surface area contributed by atoms with Gasteiger partial charge in [0, 0.05) is 25.1 Å². The Morgan fingerprint density at radius 1 is 1.21 bits per heavy atom. The van der Waals surface area contributed by atoms with Crippen molar-refractivity contribution in [3.05, 3.63) is 65.2 Å². The largest absolute Gasteiger partial charge is 0.349 e. The van der Waals surface area contributed by atoms with E-state index in [4.69, 9.17) is 5.10 Å². The molecule has 2 N–H and O–H groups in total. The van der Waals surface area contributed by atoms with Crippen molar-refractivity contribution >= 4 is 17.2 Å². The van der Waals surface area contributed by atoms with E-state index < -0.39 is 0 Å². The second kappa shape index (κ2) is 9.37. The number of thiophene rings is 1. The molecule has 1 fully saturated rings. The highest BCUT2D eigenvalue weighted by molar-refractivity contribution is 7.13. The fraction of sp³-hybridized carbons (Fsp3) is 0.391. The van der Waals surface area contributed by atoms with Gasteiger partial charge in [-0.15, -0.1) is 11.3 Å². The number of piperidine rings is 1. The topological polar surface area (TPSA) is 51.4 Å². The van der Waals surface area contributed by atoms with Crippen molar-refractivity contribution in [3.8, 4) is 10.6 Å². The minimum Gasteiger partial charge on any atom is -0.349 e. The Balaban J connectivity index is 1.50. The molecular weight excluding hydrogens is 380 g/mol. The number of hydrogen-bond acceptors (Lipinski definition) is 3. The number of benzene rings is 1. The summed E-state index contributed by atoms with van der Waals surface area (Å²) in [6.07, 6.45) is 5.22. The van der Waals surface area contributed by atoms with Crippen LogP contribution in [0.15, 0.2) is 54.0 Å². The van der Waals surface area contributed by atoms with Gasteiger partial charge >= 0.3 is 0 Å². The minimum absolute atomic E-state index is 0.00310. The summed E-state index contributed by atoms with van der Waals surface area (Å²) in [4.78, 5) is 15.8. The summed E-state index contributed by atoms with van der Waals surface area (Å²) in [5, 5.41) is 10.1. The van der Waals surface area contributed by atoms with Gasteiger partial charge in [0.15, 0.2) is 0 Å². The van der Waals surface area contributed by atoms with Crippen LogP contribution in [0.5, 0.6) is 0 Å². The second-order valence-corrected chi connectivity index (χ2v) is 8.75. The maximum absolute atomic E-state index is 13.1. The van der Waals surface area contributed by atoms with Crippen LogP contribution >= 0.6 is 11.3 Å². The number of rotatable bonds is 7. The predicted octanol–water partition coefficient (Wildman–Crippen LogP) is 2.85. The van der Waals surface area contributed by atoms with Crippen LogP contribution in [0.1, 0.15) is 42.1 Å². The lowest BCUT2D eigenvalue weighted by Crippen LogP contribution is -3.13. The Bertz CT molecular complexity index is 912. The van der Waals surface area contributed by atoms with Crippen molar-refractivity contribution in [1.29, 1.82) is 0 Å². The monoisotopic (exact) mass is 409 g/mol. The molecular formula is C23H29N4OS+. The molecule has 0 saturated carbocycles. The first-order valence-corrected chi connectivity index (χ1v) is 11.4. The van der Waals surface area contributed by atoms with Crippen molar-refractivity contribution in [2.24, 2.45) is 0 Å². The highest BCUT2D eigenvalue weighted by Crippen LogP contribution is 2.27. The Morgan fingerprint density at radius 3 is 2.69 bits per heavy atom. The van der Waals surface area contributed by atoms with E-state index in [1.165, 1.54) is 18.5 Å². The molecule has 0 spiro atoms. The van der Waals surface area contributed by atoms with Gasteiger partial charge in [-0.3, -0.25) is 9.48 Å². The molecule has 1 aliphatic heterocycles. The van der Waals surface area contributed by atoms with Crippen LogP contribution in [0.4, 0.5) is 0 Å². The Kier molecular flexibility index (Phi) is 6.42. The molecule has 1 aliphatic rings. The summed E-state index contributed by atoms with van der Waals surface area (Å²) in [5.41, 5.74) is 2.63. The minimum atomic E-state index is -0.00310. The van der Waals surface area contributed by atoms with E-state index in [1.807, 2.05) is 46.6 Å². The average molecular weight is 410 g/mol. The van der Waals surface area contributed by atoms with Gasteiger partial charge in [-0.25, -0.2) is 0 Å². The van der Waals surface area contributed by atoms with Gasteiger partial charge < -0.3 is 10.2 Å². The predicted molar refractivity (Wildman–Crippen MR) is 117 cm³/mol. The van der Waals surface area contributed by atoms with Crippen molar-refractivity contribution in [2.75, 3.05) is 19.6 Å². The van der Waals surface area contributed by atoms with E-state index in [-0.39, 0.29) is 11.9 Å². The molecule has 29 heavy (non-hydrogen) atoms. The number of nitrogens with one attached hydrogen (secondary N) is 2. The lowest BCUT2D eigenvalue weighted by Gasteiger charge is -2.29. The number of amides is 1. The zero-order valence-electron chi connectivity index (χ0n) is 16.9. The number of aromatic nitrogens is 2. The van der Waals surface area contributed by atoms with E-state index in [0.717, 1.165) is 36.5 Å². The van der Waals surface area contributed by atoms with Gasteiger partial charge in [0.05, 0.1) is 36.6 Å². The molecule has 1 saturated heterocycles. The molecule has 0 unspecified atom stereocenters. The van der Waals surface area contributed by atoms with Crippen LogP contribution in [-0.2, 0) is 6.54 Å². The lowest BCUT2D eigenvalue weighted by molar-refractivity contribution is -0.905. The molecule has 2 aromatic heterocycles. The molecule has 1 amide bonds. The fourth-order valence-corrected chi connectivity index (χ4v) is 4.79. The van der Waals surface area contributed by atoms with Crippen molar-refractivity contribution in [2.45, 2.75) is 38.8 Å². The molecule has 0 radical (unpaired) electrons. The maximum atomic E-state index is 13.1. The first-order valence-electron chi connectivity index (χ1n) is 10.5. The average Bonchev–Trinajstić information content (AvgIpc) is 3.40. The van der Waals surface area contributed by atoms with Gasteiger partial charge in [-0.05, 0) is 23.4 Å². The Labute approximate surface area is 176 Å². The van der Waals surface area contributed by atoms with Gasteiger partial charge in [0.2, 0.25) is 0 Å². The number of carbonyl (C=O) groups excluding carboxylic acids is 1. The van der Waals surface area contributed by atoms with Crippen LogP contribution in [0.3, 0.4) is 0 Å². The van der Waals surface area contributed by atoms with Gasteiger partial charge in [-0.2, -0.15) is 5.10 Å². The molecule has 152 valence electrons. The van der Waals surface area contributed by atoms with Crippen LogP contribution in [-0.4, -0.2) is 41.4 Å². The fourth-order valence-electron chi connectivity index (χ4n) is 4.07. The van der Waals surface area contributed by atoms with Crippen molar-refractivity contribution in [3.63, 3.8) is 0 Å². The standard InChI is InChI=1S/C23H28N4OS/c1-2-12-26-13-10-19(11-14-26)24-23(28)20-17-27(16-18-7-4-3-5-8-18)25-22(20)21-9-6-15-29-21/h3-9,15,17,19H,2,10-14,16H2,1H3,(H,24,28)/p+1. The molecule has 1 aromatic carbocycles. The summed E-state index contributed by atoms with van der Waals surface area (Å²) in [5.74, 6) is -0.00310. The summed E-state index contributed by atoms with van der Waals surface area (Å²) >= 11 is 1.62. The normalized spacial score (nSPS) is 19.2. The van der Waals surface area contributed by atoms with Crippen molar-refractivity contribution in [1.82, 2.24) is 15.1 Å². The summed E-state index contributed by atoms with van der Waals surface area (Å²) in [6, 6.07) is 14.5. The molecule has 4 rings (SSSR count). The molecule has 5 nitrogen and oxygen atoms in total. The highest BCUT2D eigenvalue weighted by atomic mass is 32.1. The van der Waals surface area contributed by atoms with Gasteiger partial charge in [0.1, 0.15) is 5.69 Å². The van der Waals surface area contributed by atoms with E-state index >= 15 is 0 Å². The van der Waals surface area contributed by atoms with Crippen LogP contribution in [0, 0.1) is 0 Å². The van der Waals surface area contributed by atoms with E-state index in [9.17, 15) is 4.79 Å². The number of likely N-dealkylation sites (tertiary alicyclic amines) is 1. The highest BCUT2D eigenvalue weighted by Gasteiger charge is 2.25. The Morgan fingerprint density at radius 2 is 2.00 bits per heavy atom. The van der Waals surface area contributed by atoms with Crippen molar-refractivity contribution < 1.29 is 9.69 Å². The molecule has 3 heterocycles. The zero-order valence-corrected chi connectivity index (χ0v) is 17.8. The lowest BCUT2D eigenvalue weighted by atomic mass is 10.0. The number of quaternary nitrogens is 1. The Hall–Kier alpha value is -2.44. The number of nitrogens with zero attached hydrogens (tertiary/aromatic N) is 2. The van der Waals surface area contributed by atoms with Gasteiger partial charge in [0.25, 0.3) is 5.91 Å². The zero-order chi connectivity index (χ0) is 20.1. The third-order valence-electron chi connectivity index (χ3n) is 5.58. The molecule has 0 aliphatic carbocycles. The SMILES string of the molecule is CCC[NH+]1CCC(NC(=O)c2cn(Cc3ccccc3)nc2-c2cccs2)CC1. The summed E-state index contributed by atoms with van der Waals surface area (Å²) in [6.45, 7) is 6.41. The van der Waals surface area contributed by atoms with Crippen LogP contribution in [0.2, 0.25) is 0 Å². The molecule has 3 aromatic rings. The third-order valence-corrected chi connectivity index (χ3v) is 6.46. The second-order valence-electron chi connectivity index (χ2n) is 7.80. The summed E-state index contributed by atoms with van der Waals surface area (Å²) in [7, 11) is 0. The first-order chi connectivity index (χ1) is 14.2. The smallest absolute Gasteiger partial charge is 0.255 e. The van der Waals surface area contributed by atoms with E-state index in [0.29, 0.717) is 12.1 Å². The van der Waals surface area contributed by atoms with E-state index in [2.05, 4.69) is 24.4 Å². The maximum Gasteiger partial charge on any atom is 0.255 e. The third kappa shape index (κ3) is 4.95. The van der Waals surface area contributed by atoms with E-state index in [1.54, 1.807) is 16.2 Å². The molecule has 6 heteroatoms. The molecule has 0 atom stereocenters. The molecule has 0 bridgehead atoms. The summed E-state index contributed by atoms with van der Waals surface area (Å²) < 4.78 is 1.88. The first kappa shape index (κ1) is 19.9. The van der Waals surface area contributed by atoms with Crippen LogP contribution < -0.4 is 10.2 Å². The quantitative estimate of drug-likeness (QED) is 0.631.